The maximum atomic E-state index is 11.9. The SMILES string of the molecule is C=CC(=O)N1C(C)Cn2nc(CC)cc2C1C.CC. The molecule has 0 saturated heterocycles. The van der Waals surface area contributed by atoms with Crippen LogP contribution in [-0.2, 0) is 17.8 Å². The van der Waals surface area contributed by atoms with Crippen LogP contribution in [0.5, 0.6) is 0 Å². The predicted octanol–water partition coefficient (Wildman–Crippen LogP) is 2.95. The van der Waals surface area contributed by atoms with Crippen molar-refractivity contribution < 1.29 is 4.79 Å². The highest BCUT2D eigenvalue weighted by Crippen LogP contribution is 2.29. The zero-order valence-corrected chi connectivity index (χ0v) is 12.7. The van der Waals surface area contributed by atoms with Crippen LogP contribution >= 0.6 is 0 Å². The zero-order valence-electron chi connectivity index (χ0n) is 12.7. The van der Waals surface area contributed by atoms with E-state index in [4.69, 9.17) is 0 Å². The van der Waals surface area contributed by atoms with E-state index in [0.29, 0.717) is 0 Å². The van der Waals surface area contributed by atoms with E-state index in [1.54, 1.807) is 0 Å². The van der Waals surface area contributed by atoms with Gasteiger partial charge in [0.1, 0.15) is 0 Å². The van der Waals surface area contributed by atoms with E-state index in [9.17, 15) is 4.79 Å². The fourth-order valence-corrected chi connectivity index (χ4v) is 2.52. The number of carbonyl (C=O) groups excluding carboxylic acids is 1. The summed E-state index contributed by atoms with van der Waals surface area (Å²) in [6, 6.07) is 2.32. The first kappa shape index (κ1) is 15.5. The van der Waals surface area contributed by atoms with E-state index in [1.807, 2.05) is 37.3 Å². The van der Waals surface area contributed by atoms with Crippen molar-refractivity contribution in [1.82, 2.24) is 14.7 Å². The Bertz CT molecular complexity index is 450. The van der Waals surface area contributed by atoms with Gasteiger partial charge >= 0.3 is 0 Å². The maximum absolute atomic E-state index is 11.9. The Morgan fingerprint density at radius 1 is 1.53 bits per heavy atom. The van der Waals surface area contributed by atoms with Gasteiger partial charge < -0.3 is 4.90 Å². The highest BCUT2D eigenvalue weighted by molar-refractivity contribution is 5.87. The fourth-order valence-electron chi connectivity index (χ4n) is 2.52. The zero-order chi connectivity index (χ0) is 14.6. The Hall–Kier alpha value is -1.58. The summed E-state index contributed by atoms with van der Waals surface area (Å²) in [6.45, 7) is 14.5. The minimum atomic E-state index is -0.00417. The summed E-state index contributed by atoms with van der Waals surface area (Å²) in [5.41, 5.74) is 2.21. The van der Waals surface area contributed by atoms with Crippen molar-refractivity contribution in [1.29, 1.82) is 0 Å². The van der Waals surface area contributed by atoms with Gasteiger partial charge in [0.05, 0.1) is 24.0 Å². The van der Waals surface area contributed by atoms with Gasteiger partial charge in [-0.2, -0.15) is 5.10 Å². The van der Waals surface area contributed by atoms with Crippen molar-refractivity contribution in [3.05, 3.63) is 30.1 Å². The molecule has 2 heterocycles. The highest BCUT2D eigenvalue weighted by atomic mass is 16.2. The molecule has 19 heavy (non-hydrogen) atoms. The van der Waals surface area contributed by atoms with Crippen molar-refractivity contribution in [3.8, 4) is 0 Å². The van der Waals surface area contributed by atoms with Crippen LogP contribution < -0.4 is 0 Å². The average Bonchev–Trinajstić information content (AvgIpc) is 2.84. The van der Waals surface area contributed by atoms with Gasteiger partial charge in [0.2, 0.25) is 5.91 Å². The molecule has 0 aliphatic carbocycles. The lowest BCUT2D eigenvalue weighted by Gasteiger charge is -2.38. The number of aromatic nitrogens is 2. The number of nitrogens with zero attached hydrogens (tertiary/aromatic N) is 3. The van der Waals surface area contributed by atoms with Crippen LogP contribution in [0.4, 0.5) is 0 Å². The summed E-state index contributed by atoms with van der Waals surface area (Å²) in [6.07, 6.45) is 2.32. The van der Waals surface area contributed by atoms with Crippen molar-refractivity contribution in [2.24, 2.45) is 0 Å². The van der Waals surface area contributed by atoms with Gasteiger partial charge in [0, 0.05) is 6.04 Å². The standard InChI is InChI=1S/C13H19N3O.C2H6/c1-5-11-7-12-10(4)16(13(17)6-2)9(3)8-15(12)14-11;1-2/h6-7,9-10H,2,5,8H2,1,3-4H3;1-2H3. The van der Waals surface area contributed by atoms with E-state index in [1.165, 1.54) is 6.08 Å². The largest absolute Gasteiger partial charge is 0.326 e. The third-order valence-electron chi connectivity index (χ3n) is 3.41. The van der Waals surface area contributed by atoms with Crippen molar-refractivity contribution in [3.63, 3.8) is 0 Å². The summed E-state index contributed by atoms with van der Waals surface area (Å²) in [7, 11) is 0. The molecular formula is C15H25N3O. The molecule has 2 unspecified atom stereocenters. The molecule has 0 radical (unpaired) electrons. The number of hydrogen-bond acceptors (Lipinski definition) is 2. The minimum absolute atomic E-state index is 0.00417. The third kappa shape index (κ3) is 2.88. The maximum Gasteiger partial charge on any atom is 0.246 e. The van der Waals surface area contributed by atoms with Gasteiger partial charge in [-0.25, -0.2) is 0 Å². The molecule has 106 valence electrons. The molecule has 4 heteroatoms. The molecule has 2 rings (SSSR count). The first-order valence-electron chi connectivity index (χ1n) is 7.09. The van der Waals surface area contributed by atoms with Crippen molar-refractivity contribution in [2.75, 3.05) is 0 Å². The predicted molar refractivity (Wildman–Crippen MR) is 77.9 cm³/mol. The number of hydrogen-bond donors (Lipinski definition) is 0. The quantitative estimate of drug-likeness (QED) is 0.769. The normalized spacial score (nSPS) is 21.2. The molecule has 0 N–H and O–H groups in total. The molecule has 1 amide bonds. The van der Waals surface area contributed by atoms with Crippen LogP contribution in [0.1, 0.15) is 52.0 Å². The second-order valence-electron chi connectivity index (χ2n) is 4.57. The Labute approximate surface area is 116 Å². The second-order valence-corrected chi connectivity index (χ2v) is 4.57. The molecule has 4 nitrogen and oxygen atoms in total. The van der Waals surface area contributed by atoms with Gasteiger partial charge in [0.25, 0.3) is 0 Å². The summed E-state index contributed by atoms with van der Waals surface area (Å²) in [5, 5.41) is 4.54. The molecule has 1 aliphatic heterocycles. The Morgan fingerprint density at radius 2 is 2.16 bits per heavy atom. The molecule has 1 aromatic heterocycles. The van der Waals surface area contributed by atoms with Gasteiger partial charge in [0.15, 0.2) is 0 Å². The van der Waals surface area contributed by atoms with Crippen LogP contribution in [0.2, 0.25) is 0 Å². The molecule has 1 aliphatic rings. The Balaban J connectivity index is 0.000000861. The van der Waals surface area contributed by atoms with E-state index >= 15 is 0 Å². The number of aryl methyl sites for hydroxylation is 1. The first-order chi connectivity index (χ1) is 9.08. The topological polar surface area (TPSA) is 38.1 Å². The molecule has 2 atom stereocenters. The lowest BCUT2D eigenvalue weighted by Crippen LogP contribution is -2.46. The molecule has 0 bridgehead atoms. The molecule has 0 saturated carbocycles. The van der Waals surface area contributed by atoms with E-state index in [0.717, 1.165) is 24.4 Å². The van der Waals surface area contributed by atoms with Crippen LogP contribution in [-0.4, -0.2) is 26.6 Å². The molecule has 0 fully saturated rings. The van der Waals surface area contributed by atoms with Gasteiger partial charge in [-0.3, -0.25) is 9.48 Å². The van der Waals surface area contributed by atoms with Gasteiger partial charge in [-0.15, -0.1) is 0 Å². The molecule has 0 aromatic carbocycles. The molecule has 1 aromatic rings. The Morgan fingerprint density at radius 3 is 2.68 bits per heavy atom. The molecular weight excluding hydrogens is 238 g/mol. The van der Waals surface area contributed by atoms with Gasteiger partial charge in [-0.1, -0.05) is 27.4 Å². The number of rotatable bonds is 2. The summed E-state index contributed by atoms with van der Waals surface area (Å²) in [5.74, 6) is -0.00417. The smallest absolute Gasteiger partial charge is 0.246 e. The molecule has 0 spiro atoms. The lowest BCUT2D eigenvalue weighted by molar-refractivity contribution is -0.131. The number of fused-ring (bicyclic) bond motifs is 1. The average molecular weight is 263 g/mol. The van der Waals surface area contributed by atoms with Crippen LogP contribution in [0.3, 0.4) is 0 Å². The second kappa shape index (κ2) is 6.55. The third-order valence-corrected chi connectivity index (χ3v) is 3.41. The van der Waals surface area contributed by atoms with E-state index in [2.05, 4.69) is 24.7 Å². The summed E-state index contributed by atoms with van der Waals surface area (Å²) in [4.78, 5) is 13.7. The summed E-state index contributed by atoms with van der Waals surface area (Å²) < 4.78 is 2.03. The van der Waals surface area contributed by atoms with Gasteiger partial charge in [-0.05, 0) is 32.4 Å². The Kier molecular flexibility index (Phi) is 5.33. The van der Waals surface area contributed by atoms with Crippen LogP contribution in [0.25, 0.3) is 0 Å². The van der Waals surface area contributed by atoms with E-state index in [-0.39, 0.29) is 18.0 Å². The summed E-state index contributed by atoms with van der Waals surface area (Å²) >= 11 is 0. The van der Waals surface area contributed by atoms with Crippen molar-refractivity contribution >= 4 is 5.91 Å². The van der Waals surface area contributed by atoms with Crippen molar-refractivity contribution in [2.45, 2.75) is 59.7 Å². The number of amides is 1. The minimum Gasteiger partial charge on any atom is -0.326 e. The first-order valence-corrected chi connectivity index (χ1v) is 7.09. The van der Waals surface area contributed by atoms with Crippen LogP contribution in [0.15, 0.2) is 18.7 Å². The monoisotopic (exact) mass is 263 g/mol. The van der Waals surface area contributed by atoms with E-state index < -0.39 is 0 Å². The van der Waals surface area contributed by atoms with Crippen LogP contribution in [0, 0.1) is 0 Å². The highest BCUT2D eigenvalue weighted by Gasteiger charge is 2.32. The lowest BCUT2D eigenvalue weighted by atomic mass is 10.1. The fraction of sp³-hybridized carbons (Fsp3) is 0.600. The number of carbonyl (C=O) groups is 1.